The molecule has 3 N–H and O–H groups in total. The molecule has 0 aliphatic carbocycles. The van der Waals surface area contributed by atoms with Gasteiger partial charge < -0.3 is 30.2 Å². The van der Waals surface area contributed by atoms with Crippen molar-refractivity contribution in [3.05, 3.63) is 71.8 Å². The number of methoxy groups -OCH3 is 3. The summed E-state index contributed by atoms with van der Waals surface area (Å²) in [5.41, 5.74) is 2.88. The Labute approximate surface area is 209 Å². The van der Waals surface area contributed by atoms with Gasteiger partial charge in [-0.1, -0.05) is 12.1 Å². The summed E-state index contributed by atoms with van der Waals surface area (Å²) in [6.07, 6.45) is 0.684. The lowest BCUT2D eigenvalue weighted by atomic mass is 10.1. The summed E-state index contributed by atoms with van der Waals surface area (Å²) in [6.45, 7) is 1.42. The SMILES string of the molecule is COc1ccc(NC(=O)Nc2ccc(CCC(=O)Nc3cc(OC)c(OC)cc3C(C)=O)cc2)cc1. The standard InChI is InChI=1S/C27H29N3O6/c1-17(31)22-15-24(35-3)25(36-4)16-23(22)30-26(32)14-7-18-5-8-19(9-6-18)28-27(33)29-20-10-12-21(34-2)13-11-20/h5-6,8-13,15-16H,7,14H2,1-4H3,(H,30,32)(H2,28,29,33). The van der Waals surface area contributed by atoms with Gasteiger partial charge in [-0.2, -0.15) is 0 Å². The van der Waals surface area contributed by atoms with Crippen molar-refractivity contribution >= 4 is 34.8 Å². The topological polar surface area (TPSA) is 115 Å². The van der Waals surface area contributed by atoms with E-state index in [4.69, 9.17) is 14.2 Å². The van der Waals surface area contributed by atoms with Crippen LogP contribution < -0.4 is 30.2 Å². The summed E-state index contributed by atoms with van der Waals surface area (Å²) < 4.78 is 15.6. The molecule has 3 aromatic rings. The lowest BCUT2D eigenvalue weighted by Crippen LogP contribution is -2.19. The van der Waals surface area contributed by atoms with Crippen molar-refractivity contribution in [2.24, 2.45) is 0 Å². The molecular formula is C27H29N3O6. The fraction of sp³-hybridized carbons (Fsp3) is 0.222. The van der Waals surface area contributed by atoms with Gasteiger partial charge in [-0.05, 0) is 61.4 Å². The van der Waals surface area contributed by atoms with Gasteiger partial charge in [0.05, 0.1) is 27.0 Å². The van der Waals surface area contributed by atoms with Gasteiger partial charge in [-0.3, -0.25) is 9.59 Å². The Hall–Kier alpha value is -4.53. The molecule has 0 saturated heterocycles. The van der Waals surface area contributed by atoms with Gasteiger partial charge in [-0.15, -0.1) is 0 Å². The van der Waals surface area contributed by atoms with Crippen LogP contribution in [0.2, 0.25) is 0 Å². The van der Waals surface area contributed by atoms with Gasteiger partial charge in [0.2, 0.25) is 5.91 Å². The highest BCUT2D eigenvalue weighted by atomic mass is 16.5. The molecule has 0 aromatic heterocycles. The van der Waals surface area contributed by atoms with E-state index in [9.17, 15) is 14.4 Å². The van der Waals surface area contributed by atoms with Gasteiger partial charge >= 0.3 is 6.03 Å². The van der Waals surface area contributed by atoms with Gasteiger partial charge in [-0.25, -0.2) is 4.79 Å². The zero-order valence-electron chi connectivity index (χ0n) is 20.6. The largest absolute Gasteiger partial charge is 0.497 e. The van der Waals surface area contributed by atoms with E-state index < -0.39 is 0 Å². The van der Waals surface area contributed by atoms with Crippen LogP contribution in [0, 0.1) is 0 Å². The molecule has 3 amide bonds. The molecule has 0 bridgehead atoms. The van der Waals surface area contributed by atoms with Crippen molar-refractivity contribution in [3.63, 3.8) is 0 Å². The second kappa shape index (κ2) is 12.3. The van der Waals surface area contributed by atoms with Crippen molar-refractivity contribution < 1.29 is 28.6 Å². The Balaban J connectivity index is 1.54. The molecule has 9 nitrogen and oxygen atoms in total. The van der Waals surface area contributed by atoms with Crippen LogP contribution in [0.15, 0.2) is 60.7 Å². The second-order valence-electron chi connectivity index (χ2n) is 7.86. The number of ketones is 1. The summed E-state index contributed by atoms with van der Waals surface area (Å²) >= 11 is 0. The van der Waals surface area contributed by atoms with Gasteiger partial charge in [0.25, 0.3) is 0 Å². The number of carbonyl (C=O) groups excluding carboxylic acids is 3. The minimum Gasteiger partial charge on any atom is -0.497 e. The molecular weight excluding hydrogens is 462 g/mol. The molecule has 0 saturated carbocycles. The molecule has 188 valence electrons. The Morgan fingerprint density at radius 2 is 1.28 bits per heavy atom. The smallest absolute Gasteiger partial charge is 0.323 e. The number of carbonyl (C=O) groups is 3. The molecule has 0 unspecified atom stereocenters. The van der Waals surface area contributed by atoms with E-state index in [0.29, 0.717) is 46.3 Å². The van der Waals surface area contributed by atoms with Crippen LogP contribution in [-0.2, 0) is 11.2 Å². The highest BCUT2D eigenvalue weighted by Crippen LogP contribution is 2.33. The average Bonchev–Trinajstić information content (AvgIpc) is 2.88. The number of ether oxygens (including phenoxy) is 3. The lowest BCUT2D eigenvalue weighted by molar-refractivity contribution is -0.116. The third-order valence-corrected chi connectivity index (χ3v) is 5.38. The lowest BCUT2D eigenvalue weighted by Gasteiger charge is -2.14. The molecule has 3 aromatic carbocycles. The highest BCUT2D eigenvalue weighted by Gasteiger charge is 2.16. The number of amides is 3. The van der Waals surface area contributed by atoms with Crippen molar-refractivity contribution in [2.45, 2.75) is 19.8 Å². The number of aryl methyl sites for hydroxylation is 1. The van der Waals surface area contributed by atoms with Crippen molar-refractivity contribution in [2.75, 3.05) is 37.3 Å². The summed E-state index contributed by atoms with van der Waals surface area (Å²) in [7, 11) is 4.54. The van der Waals surface area contributed by atoms with Crippen LogP contribution in [0.4, 0.5) is 21.9 Å². The van der Waals surface area contributed by atoms with E-state index in [2.05, 4.69) is 16.0 Å². The Bertz CT molecular complexity index is 1220. The molecule has 0 aliphatic rings. The number of Topliss-reactive ketones (excluding diaryl/α,β-unsaturated/α-hetero) is 1. The van der Waals surface area contributed by atoms with E-state index >= 15 is 0 Å². The van der Waals surface area contributed by atoms with Crippen molar-refractivity contribution in [3.8, 4) is 17.2 Å². The van der Waals surface area contributed by atoms with Crippen LogP contribution in [0.3, 0.4) is 0 Å². The highest BCUT2D eigenvalue weighted by molar-refractivity contribution is 6.04. The number of rotatable bonds is 10. The molecule has 0 heterocycles. The molecule has 0 aliphatic heterocycles. The van der Waals surface area contributed by atoms with Gasteiger partial charge in [0.1, 0.15) is 5.75 Å². The first-order valence-electron chi connectivity index (χ1n) is 11.2. The second-order valence-corrected chi connectivity index (χ2v) is 7.86. The maximum atomic E-state index is 12.6. The first kappa shape index (κ1) is 26.1. The first-order valence-corrected chi connectivity index (χ1v) is 11.2. The maximum absolute atomic E-state index is 12.6. The zero-order valence-corrected chi connectivity index (χ0v) is 20.6. The quantitative estimate of drug-likeness (QED) is 0.339. The predicted octanol–water partition coefficient (Wildman–Crippen LogP) is 5.13. The number of anilines is 3. The molecule has 0 radical (unpaired) electrons. The number of urea groups is 1. The molecule has 36 heavy (non-hydrogen) atoms. The summed E-state index contributed by atoms with van der Waals surface area (Å²) in [6, 6.07) is 17.0. The number of benzene rings is 3. The third kappa shape index (κ3) is 6.99. The number of hydrogen-bond acceptors (Lipinski definition) is 6. The normalized spacial score (nSPS) is 10.2. The van der Waals surface area contributed by atoms with Crippen molar-refractivity contribution in [1.29, 1.82) is 0 Å². The van der Waals surface area contributed by atoms with E-state index in [1.54, 1.807) is 55.6 Å². The van der Waals surface area contributed by atoms with Gasteiger partial charge in [0, 0.05) is 29.4 Å². The molecule has 0 atom stereocenters. The van der Waals surface area contributed by atoms with Crippen LogP contribution in [0.25, 0.3) is 0 Å². The summed E-state index contributed by atoms with van der Waals surface area (Å²) in [5, 5.41) is 8.30. The van der Waals surface area contributed by atoms with E-state index in [1.165, 1.54) is 21.1 Å². The maximum Gasteiger partial charge on any atom is 0.323 e. The van der Waals surface area contributed by atoms with Crippen LogP contribution in [0.5, 0.6) is 17.2 Å². The Kier molecular flexibility index (Phi) is 8.88. The monoisotopic (exact) mass is 491 g/mol. The minimum absolute atomic E-state index is 0.203. The minimum atomic E-state index is -0.372. The van der Waals surface area contributed by atoms with E-state index in [0.717, 1.165) is 5.56 Å². The molecule has 9 heteroatoms. The van der Waals surface area contributed by atoms with Gasteiger partial charge in [0.15, 0.2) is 17.3 Å². The Morgan fingerprint density at radius 3 is 1.81 bits per heavy atom. The van der Waals surface area contributed by atoms with E-state index in [1.807, 2.05) is 12.1 Å². The predicted molar refractivity (Wildman–Crippen MR) is 139 cm³/mol. The van der Waals surface area contributed by atoms with Crippen LogP contribution in [0.1, 0.15) is 29.3 Å². The first-order chi connectivity index (χ1) is 17.3. The summed E-state index contributed by atoms with van der Waals surface area (Å²) in [5.74, 6) is 1.08. The molecule has 0 fully saturated rings. The average molecular weight is 492 g/mol. The van der Waals surface area contributed by atoms with Crippen LogP contribution in [-0.4, -0.2) is 39.1 Å². The van der Waals surface area contributed by atoms with E-state index in [-0.39, 0.29) is 24.1 Å². The third-order valence-electron chi connectivity index (χ3n) is 5.38. The number of nitrogens with one attached hydrogen (secondary N) is 3. The number of hydrogen-bond donors (Lipinski definition) is 3. The fourth-order valence-electron chi connectivity index (χ4n) is 3.47. The fourth-order valence-corrected chi connectivity index (χ4v) is 3.47. The van der Waals surface area contributed by atoms with Crippen LogP contribution >= 0.6 is 0 Å². The van der Waals surface area contributed by atoms with Crippen molar-refractivity contribution in [1.82, 2.24) is 0 Å². The summed E-state index contributed by atoms with van der Waals surface area (Å²) in [4.78, 5) is 36.8. The molecule has 0 spiro atoms. The Morgan fingerprint density at radius 1 is 0.722 bits per heavy atom. The zero-order chi connectivity index (χ0) is 26.1. The molecule has 3 rings (SSSR count).